The Morgan fingerprint density at radius 1 is 0.857 bits per heavy atom. The predicted molar refractivity (Wildman–Crippen MR) is 76.4 cm³/mol. The molecule has 2 aliphatic heterocycles. The van der Waals surface area contributed by atoms with Gasteiger partial charge in [0.25, 0.3) is 0 Å². The third-order valence-corrected chi connectivity index (χ3v) is 7.74. The fourth-order valence-corrected chi connectivity index (χ4v) is 6.61. The van der Waals surface area contributed by atoms with Crippen molar-refractivity contribution in [1.29, 1.82) is 5.41 Å². The lowest BCUT2D eigenvalue weighted by atomic mass is 9.97. The zero-order chi connectivity index (χ0) is 15.9. The summed E-state index contributed by atoms with van der Waals surface area (Å²) >= 11 is 0. The molecule has 0 aromatic carbocycles. The maximum absolute atomic E-state index is 12.7. The van der Waals surface area contributed by atoms with Crippen LogP contribution >= 0.6 is 15.9 Å². The van der Waals surface area contributed by atoms with Crippen LogP contribution in [-0.4, -0.2) is 32.3 Å². The first kappa shape index (κ1) is 17.4. The van der Waals surface area contributed by atoms with Crippen molar-refractivity contribution in [2.24, 2.45) is 10.8 Å². The largest absolute Gasteiger partial charge is 0.624 e. The molecular weight excluding hydrogens is 316 g/mol. The Kier molecular flexibility index (Phi) is 4.65. The van der Waals surface area contributed by atoms with Crippen LogP contribution in [0.5, 0.6) is 0 Å². The van der Waals surface area contributed by atoms with Gasteiger partial charge in [-0.25, -0.2) is 0 Å². The molecule has 0 amide bonds. The first-order chi connectivity index (χ1) is 9.52. The smallest absolute Gasteiger partial charge is 0.371 e. The third-order valence-electron chi connectivity index (χ3n) is 3.13. The fourth-order valence-electron chi connectivity index (χ4n) is 1.73. The van der Waals surface area contributed by atoms with E-state index in [2.05, 4.69) is 0 Å². The second-order valence-electron chi connectivity index (χ2n) is 6.87. The Hall–Kier alpha value is 0.0700. The van der Waals surface area contributed by atoms with Gasteiger partial charge in [-0.15, -0.1) is 0 Å². The van der Waals surface area contributed by atoms with Crippen LogP contribution < -0.4 is 9.79 Å². The van der Waals surface area contributed by atoms with E-state index in [4.69, 9.17) is 23.5 Å². The molecule has 0 aromatic heterocycles. The van der Waals surface area contributed by atoms with Gasteiger partial charge in [-0.05, 0) is 0 Å². The van der Waals surface area contributed by atoms with Gasteiger partial charge < -0.3 is 9.79 Å². The minimum atomic E-state index is -3.87. The number of rotatable bonds is 2. The molecule has 1 N–H and O–H groups in total. The van der Waals surface area contributed by atoms with E-state index in [1.807, 2.05) is 33.6 Å². The Labute approximate surface area is 125 Å². The predicted octanol–water partition coefficient (Wildman–Crippen LogP) is 1.47. The maximum Gasteiger partial charge on any atom is 0.371 e. The zero-order valence-corrected chi connectivity index (χ0v) is 14.5. The minimum Gasteiger partial charge on any atom is -0.624 e. The van der Waals surface area contributed by atoms with Crippen LogP contribution in [0.4, 0.5) is 0 Å². The van der Waals surface area contributed by atoms with E-state index in [1.54, 1.807) is 0 Å². The molecule has 21 heavy (non-hydrogen) atoms. The van der Waals surface area contributed by atoms with E-state index in [9.17, 15) is 9.79 Å². The lowest BCUT2D eigenvalue weighted by Gasteiger charge is -2.42. The molecule has 0 atom stereocenters. The van der Waals surface area contributed by atoms with E-state index >= 15 is 0 Å². The van der Waals surface area contributed by atoms with Gasteiger partial charge in [0.2, 0.25) is 0 Å². The van der Waals surface area contributed by atoms with Gasteiger partial charge in [-0.1, -0.05) is 27.7 Å². The zero-order valence-electron chi connectivity index (χ0n) is 12.7. The molecule has 2 rings (SSSR count). The first-order valence-electron chi connectivity index (χ1n) is 6.61. The highest BCUT2D eigenvalue weighted by atomic mass is 31.3. The number of hydrogen-bond acceptors (Lipinski definition) is 7. The second-order valence-corrected chi connectivity index (χ2v) is 11.1. The molecular formula is C12H21NO6P2. The van der Waals surface area contributed by atoms with Crippen LogP contribution in [-0.2, 0) is 18.1 Å². The highest BCUT2D eigenvalue weighted by Gasteiger charge is 2.60. The minimum absolute atomic E-state index is 0.168. The average molecular weight is 337 g/mol. The molecule has 0 aromatic rings. The van der Waals surface area contributed by atoms with Crippen molar-refractivity contribution in [2.75, 3.05) is 26.4 Å². The Bertz CT molecular complexity index is 418. The van der Waals surface area contributed by atoms with Gasteiger partial charge in [-0.2, -0.15) is 18.1 Å². The van der Waals surface area contributed by atoms with E-state index < -0.39 is 20.9 Å². The highest BCUT2D eigenvalue weighted by molar-refractivity contribution is 7.84. The summed E-state index contributed by atoms with van der Waals surface area (Å²) in [7, 11) is -7.75. The molecule has 120 valence electrons. The van der Waals surface area contributed by atoms with Gasteiger partial charge >= 0.3 is 20.9 Å². The van der Waals surface area contributed by atoms with Crippen molar-refractivity contribution in [1.82, 2.24) is 0 Å². The van der Waals surface area contributed by atoms with E-state index in [-0.39, 0.29) is 37.3 Å². The van der Waals surface area contributed by atoms with Crippen molar-refractivity contribution in [3.05, 3.63) is 5.06 Å². The van der Waals surface area contributed by atoms with Crippen molar-refractivity contribution in [3.63, 3.8) is 0 Å². The van der Waals surface area contributed by atoms with Crippen molar-refractivity contribution in [3.8, 4) is 0 Å². The van der Waals surface area contributed by atoms with E-state index in [0.717, 1.165) is 0 Å². The average Bonchev–Trinajstić information content (AvgIpc) is 2.39. The standard InChI is InChI=1S/C12H21NO6P2/c1-11(2)6-16-20(14,17-7-11)10(5-13)21(15)18-8-12(3,4)9-19-21/h13H,6-9H2,1-4H3. The molecule has 0 saturated carbocycles. The van der Waals surface area contributed by atoms with Crippen LogP contribution in [0.1, 0.15) is 27.7 Å². The Morgan fingerprint density at radius 3 is 1.38 bits per heavy atom. The third kappa shape index (κ3) is 3.70. The van der Waals surface area contributed by atoms with Crippen LogP contribution in [0.3, 0.4) is 0 Å². The molecule has 0 unspecified atom stereocenters. The molecule has 2 heterocycles. The topological polar surface area (TPSA) is 107 Å². The summed E-state index contributed by atoms with van der Waals surface area (Å²) in [6.07, 6.45) is 0. The van der Waals surface area contributed by atoms with Crippen molar-refractivity contribution < 1.29 is 27.9 Å². The molecule has 0 spiro atoms. The van der Waals surface area contributed by atoms with Crippen LogP contribution in [0.2, 0.25) is 0 Å². The van der Waals surface area contributed by atoms with Gasteiger partial charge in [-0.3, -0.25) is 5.41 Å². The molecule has 0 aliphatic carbocycles. The normalized spacial score (nSPS) is 29.4. The van der Waals surface area contributed by atoms with E-state index in [1.165, 1.54) is 0 Å². The summed E-state index contributed by atoms with van der Waals surface area (Å²) in [5.74, 6) is 1.92. The van der Waals surface area contributed by atoms with Gasteiger partial charge in [0.1, 0.15) is 26.4 Å². The maximum atomic E-state index is 12.7. The highest BCUT2D eigenvalue weighted by Crippen LogP contribution is 2.79. The van der Waals surface area contributed by atoms with Gasteiger partial charge in [0.05, 0.1) is 5.87 Å². The first-order valence-corrected chi connectivity index (χ1v) is 9.70. The van der Waals surface area contributed by atoms with Crippen molar-refractivity contribution in [2.45, 2.75) is 27.7 Å². The molecule has 0 bridgehead atoms. The lowest BCUT2D eigenvalue weighted by molar-refractivity contribution is -0.238. The Morgan fingerprint density at radius 2 is 1.14 bits per heavy atom. The molecule has 0 radical (unpaired) electrons. The molecule has 2 saturated heterocycles. The summed E-state index contributed by atoms with van der Waals surface area (Å²) in [6, 6.07) is 0. The van der Waals surface area contributed by atoms with E-state index in [0.29, 0.717) is 0 Å². The summed E-state index contributed by atoms with van der Waals surface area (Å²) < 4.78 is 21.1. The molecule has 2 fully saturated rings. The SMILES string of the molecule is CC1(C)CO[P+]([O-])(C(=C=N)[P+]2([O-])OCC(C)(C)CO2)OC1. The van der Waals surface area contributed by atoms with Gasteiger partial charge in [0.15, 0.2) is 0 Å². The van der Waals surface area contributed by atoms with Gasteiger partial charge in [0, 0.05) is 10.8 Å². The van der Waals surface area contributed by atoms with Crippen LogP contribution in [0, 0.1) is 16.2 Å². The van der Waals surface area contributed by atoms with Crippen LogP contribution in [0.15, 0.2) is 5.06 Å². The second kappa shape index (κ2) is 5.61. The molecule has 7 nitrogen and oxygen atoms in total. The van der Waals surface area contributed by atoms with Crippen LogP contribution in [0.25, 0.3) is 0 Å². The Balaban J connectivity index is 2.19. The fraction of sp³-hybridized carbons (Fsp3) is 0.833. The molecule has 2 aliphatic rings. The monoisotopic (exact) mass is 337 g/mol. The number of nitrogens with one attached hydrogen (secondary N) is 1. The summed E-state index contributed by atoms with van der Waals surface area (Å²) in [6.45, 7) is 8.24. The number of hydrogen-bond donors (Lipinski definition) is 1. The summed E-state index contributed by atoms with van der Waals surface area (Å²) in [5.41, 5.74) is -0.600. The molecule has 9 heteroatoms. The lowest BCUT2D eigenvalue weighted by Crippen LogP contribution is -2.40. The van der Waals surface area contributed by atoms with Crippen molar-refractivity contribution >= 4 is 21.8 Å². The summed E-state index contributed by atoms with van der Waals surface area (Å²) in [4.78, 5) is 25.4. The quantitative estimate of drug-likeness (QED) is 0.604. The summed E-state index contributed by atoms with van der Waals surface area (Å²) in [5, 5.41) is 6.89.